The molecule has 6 heteroatoms. The molecule has 1 unspecified atom stereocenters. The number of halogens is 1. The SMILES string of the molecule is CC1(C)CCCC1NC(=O)c1cc([N+](=O)[O-])ccc1F. The number of nitrogens with one attached hydrogen (secondary N) is 1. The highest BCUT2D eigenvalue weighted by Gasteiger charge is 2.35. The average molecular weight is 280 g/mol. The maximum Gasteiger partial charge on any atom is 0.270 e. The van der Waals surface area contributed by atoms with E-state index >= 15 is 0 Å². The van der Waals surface area contributed by atoms with E-state index in [-0.39, 0.29) is 22.7 Å². The van der Waals surface area contributed by atoms with Gasteiger partial charge in [0.1, 0.15) is 5.82 Å². The lowest BCUT2D eigenvalue weighted by Crippen LogP contribution is -2.41. The number of hydrogen-bond donors (Lipinski definition) is 1. The van der Waals surface area contributed by atoms with Gasteiger partial charge in [0.25, 0.3) is 11.6 Å². The molecule has 5 nitrogen and oxygen atoms in total. The van der Waals surface area contributed by atoms with Gasteiger partial charge in [0.05, 0.1) is 10.5 Å². The van der Waals surface area contributed by atoms with Crippen molar-refractivity contribution in [3.8, 4) is 0 Å². The molecule has 1 aliphatic rings. The van der Waals surface area contributed by atoms with Gasteiger partial charge in [-0.3, -0.25) is 14.9 Å². The molecular formula is C14H17FN2O3. The number of benzene rings is 1. The number of rotatable bonds is 3. The smallest absolute Gasteiger partial charge is 0.270 e. The molecule has 1 N–H and O–H groups in total. The van der Waals surface area contributed by atoms with Gasteiger partial charge in [-0.2, -0.15) is 0 Å². The van der Waals surface area contributed by atoms with Crippen LogP contribution in [-0.2, 0) is 0 Å². The second kappa shape index (κ2) is 5.19. The van der Waals surface area contributed by atoms with Gasteiger partial charge in [-0.05, 0) is 24.3 Å². The summed E-state index contributed by atoms with van der Waals surface area (Å²) in [7, 11) is 0. The fourth-order valence-corrected chi connectivity index (χ4v) is 2.63. The first kappa shape index (κ1) is 14.4. The van der Waals surface area contributed by atoms with Crippen molar-refractivity contribution >= 4 is 11.6 Å². The van der Waals surface area contributed by atoms with E-state index in [4.69, 9.17) is 0 Å². The van der Waals surface area contributed by atoms with Crippen LogP contribution in [-0.4, -0.2) is 16.9 Å². The number of non-ortho nitro benzene ring substituents is 1. The van der Waals surface area contributed by atoms with Crippen LogP contribution >= 0.6 is 0 Å². The van der Waals surface area contributed by atoms with E-state index in [1.54, 1.807) is 0 Å². The van der Waals surface area contributed by atoms with E-state index in [1.807, 2.05) is 0 Å². The highest BCUT2D eigenvalue weighted by molar-refractivity contribution is 5.95. The second-order valence-electron chi connectivity index (χ2n) is 5.83. The van der Waals surface area contributed by atoms with Crippen LogP contribution in [0.3, 0.4) is 0 Å². The van der Waals surface area contributed by atoms with E-state index in [1.165, 1.54) is 0 Å². The maximum atomic E-state index is 13.7. The zero-order valence-corrected chi connectivity index (χ0v) is 11.5. The van der Waals surface area contributed by atoms with Gasteiger partial charge < -0.3 is 5.32 Å². The molecule has 1 amide bonds. The van der Waals surface area contributed by atoms with Crippen LogP contribution < -0.4 is 5.32 Å². The van der Waals surface area contributed by atoms with Crippen LogP contribution in [0, 0.1) is 21.3 Å². The monoisotopic (exact) mass is 280 g/mol. The maximum absolute atomic E-state index is 13.7. The molecule has 1 aromatic carbocycles. The number of carbonyl (C=O) groups excluding carboxylic acids is 1. The molecule has 1 aromatic rings. The Kier molecular flexibility index (Phi) is 3.74. The molecular weight excluding hydrogens is 263 g/mol. The Bertz CT molecular complexity index is 557. The van der Waals surface area contributed by atoms with E-state index in [9.17, 15) is 19.3 Å². The number of nitrogens with zero attached hydrogens (tertiary/aromatic N) is 1. The van der Waals surface area contributed by atoms with Crippen LogP contribution in [0.25, 0.3) is 0 Å². The Balaban J connectivity index is 2.21. The molecule has 1 atom stereocenters. The standard InChI is InChI=1S/C14H17FN2O3/c1-14(2)7-3-4-12(14)16-13(18)10-8-9(17(19)20)5-6-11(10)15/h5-6,8,12H,3-4,7H2,1-2H3,(H,16,18). The fourth-order valence-electron chi connectivity index (χ4n) is 2.63. The van der Waals surface area contributed by atoms with Crippen LogP contribution in [0.15, 0.2) is 18.2 Å². The fraction of sp³-hybridized carbons (Fsp3) is 0.500. The highest BCUT2D eigenvalue weighted by atomic mass is 19.1. The van der Waals surface area contributed by atoms with Gasteiger partial charge in [0.15, 0.2) is 0 Å². The largest absolute Gasteiger partial charge is 0.349 e. The molecule has 1 saturated carbocycles. The minimum absolute atomic E-state index is 0.0336. The van der Waals surface area contributed by atoms with Crippen molar-refractivity contribution in [2.75, 3.05) is 0 Å². The first-order chi connectivity index (χ1) is 9.31. The Morgan fingerprint density at radius 3 is 2.75 bits per heavy atom. The van der Waals surface area contributed by atoms with E-state index < -0.39 is 16.6 Å². The zero-order valence-electron chi connectivity index (χ0n) is 11.5. The zero-order chi connectivity index (χ0) is 14.9. The predicted octanol–water partition coefficient (Wildman–Crippen LogP) is 3.04. The molecule has 0 radical (unpaired) electrons. The van der Waals surface area contributed by atoms with Gasteiger partial charge in [0, 0.05) is 18.2 Å². The minimum Gasteiger partial charge on any atom is -0.349 e. The topological polar surface area (TPSA) is 72.2 Å². The van der Waals surface area contributed by atoms with Gasteiger partial charge >= 0.3 is 0 Å². The summed E-state index contributed by atoms with van der Waals surface area (Å²) in [6.07, 6.45) is 2.85. The van der Waals surface area contributed by atoms with Crippen molar-refractivity contribution in [2.45, 2.75) is 39.2 Å². The molecule has 2 rings (SSSR count). The van der Waals surface area contributed by atoms with Crippen molar-refractivity contribution in [1.29, 1.82) is 0 Å². The average Bonchev–Trinajstić information content (AvgIpc) is 2.68. The number of carbonyl (C=O) groups is 1. The summed E-state index contributed by atoms with van der Waals surface area (Å²) in [6, 6.07) is 2.94. The molecule has 0 saturated heterocycles. The van der Waals surface area contributed by atoms with Crippen LogP contribution in [0.1, 0.15) is 43.5 Å². The lowest BCUT2D eigenvalue weighted by atomic mass is 9.87. The Morgan fingerprint density at radius 2 is 2.20 bits per heavy atom. The highest BCUT2D eigenvalue weighted by Crippen LogP contribution is 2.37. The molecule has 0 heterocycles. The number of hydrogen-bond acceptors (Lipinski definition) is 3. The third-order valence-electron chi connectivity index (χ3n) is 3.97. The van der Waals surface area contributed by atoms with E-state index in [0.717, 1.165) is 37.5 Å². The molecule has 0 aromatic heterocycles. The van der Waals surface area contributed by atoms with Gasteiger partial charge in [-0.1, -0.05) is 20.3 Å². The summed E-state index contributed by atoms with van der Waals surface area (Å²) in [5.41, 5.74) is -0.600. The third-order valence-corrected chi connectivity index (χ3v) is 3.97. The number of amides is 1. The number of nitro benzene ring substituents is 1. The Morgan fingerprint density at radius 1 is 1.50 bits per heavy atom. The lowest BCUT2D eigenvalue weighted by Gasteiger charge is -2.27. The van der Waals surface area contributed by atoms with Crippen molar-refractivity contribution in [1.82, 2.24) is 5.32 Å². The van der Waals surface area contributed by atoms with Crippen LogP contribution in [0.4, 0.5) is 10.1 Å². The first-order valence-electron chi connectivity index (χ1n) is 6.56. The molecule has 1 fully saturated rings. The molecule has 0 aliphatic heterocycles. The molecule has 0 bridgehead atoms. The van der Waals surface area contributed by atoms with Crippen molar-refractivity contribution < 1.29 is 14.1 Å². The van der Waals surface area contributed by atoms with Crippen molar-refractivity contribution in [2.24, 2.45) is 5.41 Å². The summed E-state index contributed by atoms with van der Waals surface area (Å²) in [5, 5.41) is 13.5. The summed E-state index contributed by atoms with van der Waals surface area (Å²) >= 11 is 0. The van der Waals surface area contributed by atoms with Crippen molar-refractivity contribution in [3.05, 3.63) is 39.7 Å². The van der Waals surface area contributed by atoms with E-state index in [0.29, 0.717) is 0 Å². The lowest BCUT2D eigenvalue weighted by molar-refractivity contribution is -0.384. The summed E-state index contributed by atoms with van der Waals surface area (Å²) in [5.74, 6) is -1.34. The summed E-state index contributed by atoms with van der Waals surface area (Å²) < 4.78 is 13.7. The summed E-state index contributed by atoms with van der Waals surface area (Å²) in [4.78, 5) is 22.2. The Labute approximate surface area is 116 Å². The molecule has 108 valence electrons. The summed E-state index contributed by atoms with van der Waals surface area (Å²) in [6.45, 7) is 4.10. The molecule has 20 heavy (non-hydrogen) atoms. The van der Waals surface area contributed by atoms with Crippen LogP contribution in [0.2, 0.25) is 0 Å². The quantitative estimate of drug-likeness (QED) is 0.683. The van der Waals surface area contributed by atoms with Gasteiger partial charge in [-0.15, -0.1) is 0 Å². The molecule has 0 spiro atoms. The molecule has 1 aliphatic carbocycles. The predicted molar refractivity (Wildman–Crippen MR) is 71.9 cm³/mol. The third kappa shape index (κ3) is 2.79. The van der Waals surface area contributed by atoms with Crippen LogP contribution in [0.5, 0.6) is 0 Å². The second-order valence-corrected chi connectivity index (χ2v) is 5.83. The first-order valence-corrected chi connectivity index (χ1v) is 6.56. The number of nitro groups is 1. The van der Waals surface area contributed by atoms with Crippen molar-refractivity contribution in [3.63, 3.8) is 0 Å². The minimum atomic E-state index is -0.746. The van der Waals surface area contributed by atoms with E-state index in [2.05, 4.69) is 19.2 Å². The van der Waals surface area contributed by atoms with Gasteiger partial charge in [0.2, 0.25) is 0 Å². The Hall–Kier alpha value is -1.98. The normalized spacial score (nSPS) is 20.6. The van der Waals surface area contributed by atoms with Gasteiger partial charge in [-0.25, -0.2) is 4.39 Å².